The van der Waals surface area contributed by atoms with Crippen LogP contribution < -0.4 is 5.73 Å². The van der Waals surface area contributed by atoms with Gasteiger partial charge < -0.3 is 10.8 Å². The third-order valence-corrected chi connectivity index (χ3v) is 3.39. The quantitative estimate of drug-likeness (QED) is 0.849. The topological polar surface area (TPSA) is 46.2 Å². The predicted molar refractivity (Wildman–Crippen MR) is 74.5 cm³/mol. The molecule has 0 heterocycles. The van der Waals surface area contributed by atoms with E-state index in [-0.39, 0.29) is 12.0 Å². The fourth-order valence-corrected chi connectivity index (χ4v) is 2.17. The van der Waals surface area contributed by atoms with Gasteiger partial charge in [-0.2, -0.15) is 13.2 Å². The maximum atomic E-state index is 13.5. The van der Waals surface area contributed by atoms with Gasteiger partial charge in [0.25, 0.3) is 0 Å². The zero-order valence-corrected chi connectivity index (χ0v) is 11.5. The lowest BCUT2D eigenvalue weighted by atomic mass is 9.96. The zero-order valence-electron chi connectivity index (χ0n) is 11.5. The molecule has 2 aromatic carbocycles. The molecule has 0 radical (unpaired) electrons. The molecule has 0 aliphatic carbocycles. The lowest BCUT2D eigenvalue weighted by Crippen LogP contribution is -2.28. The molecule has 118 valence electrons. The third-order valence-electron chi connectivity index (χ3n) is 3.39. The summed E-state index contributed by atoms with van der Waals surface area (Å²) in [5.74, 6) is -1.40. The number of nitrogens with two attached hydrogens (primary N) is 1. The first-order valence-electron chi connectivity index (χ1n) is 6.63. The van der Waals surface area contributed by atoms with Crippen LogP contribution in [0.15, 0.2) is 48.5 Å². The van der Waals surface area contributed by atoms with Gasteiger partial charge in [0, 0.05) is 6.42 Å². The first-order chi connectivity index (χ1) is 10.3. The highest BCUT2D eigenvalue weighted by atomic mass is 19.4. The summed E-state index contributed by atoms with van der Waals surface area (Å²) in [5.41, 5.74) is 5.42. The molecule has 0 bridgehead atoms. The van der Waals surface area contributed by atoms with Crippen molar-refractivity contribution in [2.75, 3.05) is 0 Å². The number of alkyl halides is 3. The summed E-state index contributed by atoms with van der Waals surface area (Å²) < 4.78 is 51.1. The molecule has 22 heavy (non-hydrogen) atoms. The van der Waals surface area contributed by atoms with Crippen molar-refractivity contribution in [1.29, 1.82) is 0 Å². The van der Waals surface area contributed by atoms with Gasteiger partial charge in [-0.3, -0.25) is 0 Å². The molecule has 3 N–H and O–H groups in total. The van der Waals surface area contributed by atoms with Crippen molar-refractivity contribution in [2.45, 2.75) is 24.7 Å². The lowest BCUT2D eigenvalue weighted by molar-refractivity contribution is -0.140. The van der Waals surface area contributed by atoms with Gasteiger partial charge in [-0.25, -0.2) is 4.39 Å². The van der Waals surface area contributed by atoms with Gasteiger partial charge in [-0.1, -0.05) is 36.4 Å². The number of aliphatic hydroxyl groups excluding tert-OH is 1. The second kappa shape index (κ2) is 6.46. The molecule has 0 aliphatic rings. The minimum atomic E-state index is -4.75. The number of aliphatic hydroxyl groups is 1. The Balaban J connectivity index is 2.15. The minimum absolute atomic E-state index is 0.119. The van der Waals surface area contributed by atoms with Crippen molar-refractivity contribution in [3.8, 4) is 0 Å². The first kappa shape index (κ1) is 16.5. The molecule has 2 rings (SSSR count). The van der Waals surface area contributed by atoms with E-state index in [1.807, 2.05) is 6.07 Å². The highest BCUT2D eigenvalue weighted by molar-refractivity contribution is 5.29. The van der Waals surface area contributed by atoms with Crippen molar-refractivity contribution in [2.24, 2.45) is 5.73 Å². The molecule has 2 aromatic rings. The summed E-state index contributed by atoms with van der Waals surface area (Å²) in [6.45, 7) is 0. The summed E-state index contributed by atoms with van der Waals surface area (Å²) in [7, 11) is 0. The average Bonchev–Trinajstić information content (AvgIpc) is 2.46. The molecule has 0 spiro atoms. The Morgan fingerprint density at radius 3 is 2.23 bits per heavy atom. The van der Waals surface area contributed by atoms with E-state index in [4.69, 9.17) is 5.73 Å². The molecule has 0 saturated heterocycles. The Morgan fingerprint density at radius 1 is 1.05 bits per heavy atom. The van der Waals surface area contributed by atoms with Crippen LogP contribution in [0.3, 0.4) is 0 Å². The van der Waals surface area contributed by atoms with Crippen LogP contribution in [0.2, 0.25) is 0 Å². The van der Waals surface area contributed by atoms with Crippen LogP contribution in [0.1, 0.15) is 22.7 Å². The number of hydrogen-bond donors (Lipinski definition) is 2. The Labute approximate surface area is 125 Å². The summed E-state index contributed by atoms with van der Waals surface area (Å²) in [5, 5.41) is 10.1. The van der Waals surface area contributed by atoms with E-state index in [1.54, 1.807) is 24.3 Å². The molecule has 0 aliphatic heterocycles. The van der Waals surface area contributed by atoms with Gasteiger partial charge in [0.1, 0.15) is 5.82 Å². The van der Waals surface area contributed by atoms with Gasteiger partial charge >= 0.3 is 6.18 Å². The molecular formula is C16H15F4NO. The molecule has 2 nitrogen and oxygen atoms in total. The van der Waals surface area contributed by atoms with Crippen LogP contribution in [-0.4, -0.2) is 11.2 Å². The highest BCUT2D eigenvalue weighted by Crippen LogP contribution is 2.32. The normalized spacial score (nSPS) is 14.6. The van der Waals surface area contributed by atoms with E-state index in [1.165, 1.54) is 0 Å². The van der Waals surface area contributed by atoms with Crippen molar-refractivity contribution in [3.05, 3.63) is 71.0 Å². The molecule has 0 unspecified atom stereocenters. The lowest BCUT2D eigenvalue weighted by Gasteiger charge is -2.20. The molecule has 6 heteroatoms. The highest BCUT2D eigenvalue weighted by Gasteiger charge is 2.34. The maximum Gasteiger partial charge on any atom is 0.419 e. The number of hydrogen-bond acceptors (Lipinski definition) is 2. The van der Waals surface area contributed by atoms with Gasteiger partial charge in [-0.15, -0.1) is 0 Å². The molecule has 0 fully saturated rings. The Hall–Kier alpha value is -1.92. The molecule has 2 atom stereocenters. The predicted octanol–water partition coefficient (Wildman–Crippen LogP) is 3.45. The summed E-state index contributed by atoms with van der Waals surface area (Å²) in [6, 6.07) is 10.5. The SMILES string of the molecule is N[C@H](c1ccc(C(F)(F)F)c(F)c1)[C@@H](O)Cc1ccccc1. The van der Waals surface area contributed by atoms with Crippen LogP contribution in [0.4, 0.5) is 17.6 Å². The van der Waals surface area contributed by atoms with E-state index < -0.39 is 29.7 Å². The second-order valence-corrected chi connectivity index (χ2v) is 5.02. The van der Waals surface area contributed by atoms with Crippen LogP contribution in [-0.2, 0) is 12.6 Å². The standard InChI is InChI=1S/C16H15F4NO/c17-13-9-11(6-7-12(13)16(18,19)20)15(21)14(22)8-10-4-2-1-3-5-10/h1-7,9,14-15,22H,8,21H2/t14-,15+/m0/s1. The Bertz CT molecular complexity index is 628. The first-order valence-corrected chi connectivity index (χ1v) is 6.63. The summed E-state index contributed by atoms with van der Waals surface area (Å²) >= 11 is 0. The molecule has 0 aromatic heterocycles. The summed E-state index contributed by atoms with van der Waals surface area (Å²) in [6.07, 6.45) is -5.56. The van der Waals surface area contributed by atoms with E-state index in [0.29, 0.717) is 6.07 Å². The minimum Gasteiger partial charge on any atom is -0.391 e. The van der Waals surface area contributed by atoms with Crippen molar-refractivity contribution < 1.29 is 22.7 Å². The Morgan fingerprint density at radius 2 is 1.68 bits per heavy atom. The van der Waals surface area contributed by atoms with Gasteiger partial charge in [0.15, 0.2) is 0 Å². The van der Waals surface area contributed by atoms with Gasteiger partial charge in [0.05, 0.1) is 17.7 Å². The van der Waals surface area contributed by atoms with Crippen LogP contribution >= 0.6 is 0 Å². The average molecular weight is 313 g/mol. The summed E-state index contributed by atoms with van der Waals surface area (Å²) in [4.78, 5) is 0. The fourth-order valence-electron chi connectivity index (χ4n) is 2.17. The van der Waals surface area contributed by atoms with Crippen LogP contribution in [0.25, 0.3) is 0 Å². The smallest absolute Gasteiger partial charge is 0.391 e. The van der Waals surface area contributed by atoms with Gasteiger partial charge in [-0.05, 0) is 23.3 Å². The van der Waals surface area contributed by atoms with E-state index in [0.717, 1.165) is 17.7 Å². The Kier molecular flexibility index (Phi) is 4.83. The van der Waals surface area contributed by atoms with Crippen LogP contribution in [0, 0.1) is 5.82 Å². The van der Waals surface area contributed by atoms with E-state index >= 15 is 0 Å². The largest absolute Gasteiger partial charge is 0.419 e. The molecule has 0 amide bonds. The molecular weight excluding hydrogens is 298 g/mol. The van der Waals surface area contributed by atoms with Crippen molar-refractivity contribution in [1.82, 2.24) is 0 Å². The number of halogens is 4. The third kappa shape index (κ3) is 3.84. The van der Waals surface area contributed by atoms with Crippen molar-refractivity contribution >= 4 is 0 Å². The number of benzene rings is 2. The monoisotopic (exact) mass is 313 g/mol. The molecule has 0 saturated carbocycles. The van der Waals surface area contributed by atoms with Crippen LogP contribution in [0.5, 0.6) is 0 Å². The second-order valence-electron chi connectivity index (χ2n) is 5.02. The van der Waals surface area contributed by atoms with E-state index in [9.17, 15) is 22.7 Å². The number of rotatable bonds is 4. The fraction of sp³-hybridized carbons (Fsp3) is 0.250. The zero-order chi connectivity index (χ0) is 16.3. The maximum absolute atomic E-state index is 13.5. The van der Waals surface area contributed by atoms with E-state index in [2.05, 4.69) is 0 Å². The van der Waals surface area contributed by atoms with Crippen molar-refractivity contribution in [3.63, 3.8) is 0 Å². The van der Waals surface area contributed by atoms with Gasteiger partial charge in [0.2, 0.25) is 0 Å².